The van der Waals surface area contributed by atoms with E-state index < -0.39 is 5.97 Å². The number of hydrogen-bond donors (Lipinski definition) is 1. The number of ether oxygens (including phenoxy) is 1. The van der Waals surface area contributed by atoms with E-state index in [9.17, 15) is 4.79 Å². The molecule has 2 heterocycles. The Hall–Kier alpha value is -2.16. The van der Waals surface area contributed by atoms with Crippen molar-refractivity contribution in [1.82, 2.24) is 25.2 Å². The molecule has 0 fully saturated rings. The van der Waals surface area contributed by atoms with E-state index in [0.717, 1.165) is 0 Å². The van der Waals surface area contributed by atoms with Gasteiger partial charge in [-0.3, -0.25) is 0 Å². The number of anilines is 1. The zero-order valence-electron chi connectivity index (χ0n) is 10.4. The smallest absolute Gasteiger partial charge is 0.340 e. The van der Waals surface area contributed by atoms with Gasteiger partial charge >= 0.3 is 5.97 Å². The summed E-state index contributed by atoms with van der Waals surface area (Å²) in [6.07, 6.45) is 1.42. The summed E-state index contributed by atoms with van der Waals surface area (Å²) in [6, 6.07) is 1.56. The number of carbonyl (C=O) groups is 1. The van der Waals surface area contributed by atoms with Crippen LogP contribution in [-0.2, 0) is 11.8 Å². The van der Waals surface area contributed by atoms with Crippen molar-refractivity contribution in [2.45, 2.75) is 17.1 Å². The van der Waals surface area contributed by atoms with Crippen molar-refractivity contribution >= 4 is 23.4 Å². The summed E-state index contributed by atoms with van der Waals surface area (Å²) in [7, 11) is 1.71. The second kappa shape index (κ2) is 5.65. The molecule has 8 nitrogen and oxygen atoms in total. The fraction of sp³-hybridized carbons (Fsp3) is 0.300. The predicted molar refractivity (Wildman–Crippen MR) is 67.5 cm³/mol. The zero-order chi connectivity index (χ0) is 13.8. The van der Waals surface area contributed by atoms with Crippen LogP contribution >= 0.6 is 11.8 Å². The van der Waals surface area contributed by atoms with E-state index >= 15 is 0 Å². The predicted octanol–water partition coefficient (Wildman–Crippen LogP) is 0.515. The lowest BCUT2D eigenvalue weighted by Gasteiger charge is -2.06. The number of esters is 1. The van der Waals surface area contributed by atoms with Crippen molar-refractivity contribution in [2.24, 2.45) is 7.05 Å². The Balaban J connectivity index is 2.26. The average Bonchev–Trinajstić information content (AvgIpc) is 2.78. The third-order valence-electron chi connectivity index (χ3n) is 2.18. The minimum absolute atomic E-state index is 0.277. The number of rotatable bonds is 4. The number of carbonyl (C=O) groups excluding carboxylic acids is 1. The van der Waals surface area contributed by atoms with Crippen LogP contribution in [0.15, 0.2) is 22.4 Å². The summed E-state index contributed by atoms with van der Waals surface area (Å²) in [5, 5.41) is 12.2. The first kappa shape index (κ1) is 13.3. The topological polar surface area (TPSA) is 109 Å². The SMILES string of the molecule is CCOC(=O)c1cc(Sc2nnnn2C)ncc1N. The molecule has 0 bridgehead atoms. The van der Waals surface area contributed by atoms with E-state index in [1.165, 1.54) is 22.6 Å². The van der Waals surface area contributed by atoms with Gasteiger partial charge in [-0.05, 0) is 35.2 Å². The first-order chi connectivity index (χ1) is 9.11. The van der Waals surface area contributed by atoms with Gasteiger partial charge < -0.3 is 10.5 Å². The normalized spacial score (nSPS) is 10.4. The van der Waals surface area contributed by atoms with Gasteiger partial charge in [-0.2, -0.15) is 0 Å². The van der Waals surface area contributed by atoms with Crippen LogP contribution in [0.1, 0.15) is 17.3 Å². The van der Waals surface area contributed by atoms with Gasteiger partial charge in [-0.25, -0.2) is 14.5 Å². The van der Waals surface area contributed by atoms with Crippen LogP contribution in [0.2, 0.25) is 0 Å². The van der Waals surface area contributed by atoms with Crippen molar-refractivity contribution in [2.75, 3.05) is 12.3 Å². The lowest BCUT2D eigenvalue weighted by atomic mass is 10.2. The van der Waals surface area contributed by atoms with Crippen molar-refractivity contribution in [1.29, 1.82) is 0 Å². The zero-order valence-corrected chi connectivity index (χ0v) is 11.2. The molecule has 2 rings (SSSR count). The third-order valence-corrected chi connectivity index (χ3v) is 3.14. The number of nitrogen functional groups attached to an aromatic ring is 1. The molecule has 0 saturated carbocycles. The van der Waals surface area contributed by atoms with Crippen molar-refractivity contribution in [3.05, 3.63) is 17.8 Å². The first-order valence-corrected chi connectivity index (χ1v) is 6.26. The van der Waals surface area contributed by atoms with E-state index in [-0.39, 0.29) is 17.9 Å². The van der Waals surface area contributed by atoms with Gasteiger partial charge in [0.2, 0.25) is 5.16 Å². The standard InChI is InChI=1S/C10H12N6O2S/c1-3-18-9(17)6-4-8(12-5-7(6)11)19-10-13-14-15-16(10)2/h4-5H,3,11H2,1-2H3. The molecule has 0 aliphatic rings. The molecule has 0 atom stereocenters. The second-order valence-corrected chi connectivity index (χ2v) is 4.50. The number of aryl methyl sites for hydroxylation is 1. The van der Waals surface area contributed by atoms with Gasteiger partial charge in [0.05, 0.1) is 24.1 Å². The number of pyridine rings is 1. The van der Waals surface area contributed by atoms with E-state index in [4.69, 9.17) is 10.5 Å². The van der Waals surface area contributed by atoms with Gasteiger partial charge in [0.1, 0.15) is 5.03 Å². The molecule has 0 aromatic carbocycles. The molecule has 0 amide bonds. The van der Waals surface area contributed by atoms with Gasteiger partial charge in [0.15, 0.2) is 0 Å². The Morgan fingerprint density at radius 1 is 1.58 bits per heavy atom. The average molecular weight is 280 g/mol. The summed E-state index contributed by atoms with van der Waals surface area (Å²) in [4.78, 5) is 15.8. The highest BCUT2D eigenvalue weighted by Gasteiger charge is 2.14. The molecule has 0 aliphatic heterocycles. The van der Waals surface area contributed by atoms with Crippen LogP contribution < -0.4 is 5.73 Å². The minimum Gasteiger partial charge on any atom is -0.462 e. The minimum atomic E-state index is -0.472. The van der Waals surface area contributed by atoms with Crippen LogP contribution in [0.3, 0.4) is 0 Å². The molecule has 100 valence electrons. The molecule has 0 radical (unpaired) electrons. The second-order valence-electron chi connectivity index (χ2n) is 3.52. The number of nitrogens with zero attached hydrogens (tertiary/aromatic N) is 5. The fourth-order valence-electron chi connectivity index (χ4n) is 1.29. The number of aromatic nitrogens is 5. The molecular weight excluding hydrogens is 268 g/mol. The Bertz CT molecular complexity index is 599. The maximum Gasteiger partial charge on any atom is 0.340 e. The number of hydrogen-bond acceptors (Lipinski definition) is 8. The molecule has 0 spiro atoms. The van der Waals surface area contributed by atoms with Crippen LogP contribution in [0.5, 0.6) is 0 Å². The molecular formula is C10H12N6O2S. The summed E-state index contributed by atoms with van der Waals surface area (Å²) in [6.45, 7) is 2.02. The Morgan fingerprint density at radius 3 is 3.00 bits per heavy atom. The maximum absolute atomic E-state index is 11.7. The quantitative estimate of drug-likeness (QED) is 0.807. The Labute approximate surface area is 113 Å². The van der Waals surface area contributed by atoms with Crippen molar-refractivity contribution < 1.29 is 9.53 Å². The van der Waals surface area contributed by atoms with E-state index in [1.807, 2.05) is 0 Å². The van der Waals surface area contributed by atoms with Gasteiger partial charge in [0.25, 0.3) is 0 Å². The Morgan fingerprint density at radius 2 is 2.37 bits per heavy atom. The van der Waals surface area contributed by atoms with Crippen molar-refractivity contribution in [3.63, 3.8) is 0 Å². The van der Waals surface area contributed by atoms with Crippen LogP contribution in [0.4, 0.5) is 5.69 Å². The third kappa shape index (κ3) is 2.99. The van der Waals surface area contributed by atoms with E-state index in [0.29, 0.717) is 10.2 Å². The molecule has 0 aliphatic carbocycles. The highest BCUT2D eigenvalue weighted by Crippen LogP contribution is 2.25. The van der Waals surface area contributed by atoms with Gasteiger partial charge in [-0.1, -0.05) is 0 Å². The molecule has 9 heteroatoms. The summed E-state index contributed by atoms with van der Waals surface area (Å²) < 4.78 is 6.43. The molecule has 2 aromatic heterocycles. The van der Waals surface area contributed by atoms with Crippen molar-refractivity contribution in [3.8, 4) is 0 Å². The molecule has 2 aromatic rings. The lowest BCUT2D eigenvalue weighted by Crippen LogP contribution is -2.08. The van der Waals surface area contributed by atoms with Crippen LogP contribution in [0.25, 0.3) is 0 Å². The van der Waals surface area contributed by atoms with E-state index in [1.54, 1.807) is 20.0 Å². The highest BCUT2D eigenvalue weighted by molar-refractivity contribution is 7.99. The summed E-state index contributed by atoms with van der Waals surface area (Å²) in [5.74, 6) is -0.472. The number of tetrazole rings is 1. The number of nitrogens with two attached hydrogens (primary N) is 1. The summed E-state index contributed by atoms with van der Waals surface area (Å²) in [5.41, 5.74) is 6.27. The molecule has 0 unspecified atom stereocenters. The highest BCUT2D eigenvalue weighted by atomic mass is 32.2. The Kier molecular flexibility index (Phi) is 3.95. The summed E-state index contributed by atoms with van der Waals surface area (Å²) >= 11 is 1.23. The largest absolute Gasteiger partial charge is 0.462 e. The molecule has 0 saturated heterocycles. The van der Waals surface area contributed by atoms with E-state index in [2.05, 4.69) is 20.5 Å². The monoisotopic (exact) mass is 280 g/mol. The van der Waals surface area contributed by atoms with Crippen LogP contribution in [-0.4, -0.2) is 37.8 Å². The fourth-order valence-corrected chi connectivity index (χ4v) is 2.00. The lowest BCUT2D eigenvalue weighted by molar-refractivity contribution is 0.0527. The van der Waals surface area contributed by atoms with Gasteiger partial charge in [-0.15, -0.1) is 5.10 Å². The molecule has 2 N–H and O–H groups in total. The van der Waals surface area contributed by atoms with Gasteiger partial charge in [0, 0.05) is 7.05 Å². The first-order valence-electron chi connectivity index (χ1n) is 5.44. The molecule has 19 heavy (non-hydrogen) atoms. The maximum atomic E-state index is 11.7. The van der Waals surface area contributed by atoms with Crippen LogP contribution in [0, 0.1) is 0 Å².